The molecule has 0 spiro atoms. The molecule has 5 heterocycles. The molecular weight excluding hydrogens is 396 g/mol. The molecule has 2 aliphatic rings. The molecule has 3 aromatic rings. The summed E-state index contributed by atoms with van der Waals surface area (Å²) in [6.07, 6.45) is 7.57. The van der Waals surface area contributed by atoms with Crippen molar-refractivity contribution < 1.29 is 0 Å². The lowest BCUT2D eigenvalue weighted by Crippen LogP contribution is -2.28. The van der Waals surface area contributed by atoms with Crippen LogP contribution in [-0.4, -0.2) is 59.5 Å². The predicted molar refractivity (Wildman–Crippen MR) is 126 cm³/mol. The van der Waals surface area contributed by atoms with E-state index in [4.69, 9.17) is 4.98 Å². The highest BCUT2D eigenvalue weighted by atomic mass is 32.1. The second-order valence-electron chi connectivity index (χ2n) is 8.20. The summed E-state index contributed by atoms with van der Waals surface area (Å²) in [6, 6.07) is 0. The van der Waals surface area contributed by atoms with Crippen LogP contribution in [0.5, 0.6) is 0 Å². The first-order chi connectivity index (χ1) is 14.5. The molecule has 156 valence electrons. The van der Waals surface area contributed by atoms with Gasteiger partial charge in [-0.3, -0.25) is 9.20 Å². The number of allylic oxidation sites excluding steroid dienone is 1. The number of nitrogens with zero attached hydrogens (tertiary/aromatic N) is 5. The first kappa shape index (κ1) is 19.3. The molecule has 7 nitrogen and oxygen atoms in total. The Morgan fingerprint density at radius 2 is 2.00 bits per heavy atom. The van der Waals surface area contributed by atoms with Crippen LogP contribution in [0.2, 0.25) is 0 Å². The summed E-state index contributed by atoms with van der Waals surface area (Å²) in [5.74, 6) is 2.04. The van der Waals surface area contributed by atoms with E-state index < -0.39 is 0 Å². The average molecular weight is 423 g/mol. The first-order valence-electron chi connectivity index (χ1n) is 10.3. The fraction of sp³-hybridized carbons (Fsp3) is 0.409. The van der Waals surface area contributed by atoms with E-state index in [-0.39, 0.29) is 5.43 Å². The fourth-order valence-electron chi connectivity index (χ4n) is 4.95. The van der Waals surface area contributed by atoms with E-state index in [2.05, 4.69) is 38.1 Å². The molecule has 0 aromatic carbocycles. The van der Waals surface area contributed by atoms with Crippen molar-refractivity contribution >= 4 is 51.0 Å². The number of likely N-dealkylation sites (tertiary alicyclic amines) is 1. The van der Waals surface area contributed by atoms with Gasteiger partial charge in [-0.15, -0.1) is 11.3 Å². The van der Waals surface area contributed by atoms with Gasteiger partial charge in [-0.1, -0.05) is 12.7 Å². The summed E-state index contributed by atoms with van der Waals surface area (Å²) >= 11 is 1.55. The van der Waals surface area contributed by atoms with E-state index >= 15 is 0 Å². The quantitative estimate of drug-likeness (QED) is 0.697. The number of nitrogens with one attached hydrogen (secondary N) is 1. The van der Waals surface area contributed by atoms with Crippen LogP contribution < -0.4 is 15.6 Å². The SMILES string of the molecule is C=Cc1sc2c(NC)c(=O)c3cnc(N4CC5CN(C)CC5C4)nc3n2c1/C=C\C. The number of rotatable bonds is 4. The third-order valence-electron chi connectivity index (χ3n) is 6.27. The molecule has 2 atom stereocenters. The van der Waals surface area contributed by atoms with Gasteiger partial charge >= 0.3 is 0 Å². The van der Waals surface area contributed by atoms with Crippen LogP contribution in [0.15, 0.2) is 23.6 Å². The topological polar surface area (TPSA) is 65.8 Å². The molecule has 0 aliphatic carbocycles. The minimum atomic E-state index is -0.0668. The first-order valence-corrected chi connectivity index (χ1v) is 11.1. The zero-order valence-electron chi connectivity index (χ0n) is 17.6. The Hall–Kier alpha value is -2.71. The van der Waals surface area contributed by atoms with Crippen LogP contribution in [0, 0.1) is 11.8 Å². The van der Waals surface area contributed by atoms with E-state index in [0.717, 1.165) is 41.6 Å². The molecule has 8 heteroatoms. The number of hydrogen-bond donors (Lipinski definition) is 1. The lowest BCUT2D eigenvalue weighted by molar-refractivity contribution is 0.386. The van der Waals surface area contributed by atoms with Crippen molar-refractivity contribution in [3.05, 3.63) is 39.6 Å². The number of fused-ring (bicyclic) bond motifs is 4. The third-order valence-corrected chi connectivity index (χ3v) is 7.44. The van der Waals surface area contributed by atoms with Crippen LogP contribution in [0.4, 0.5) is 11.6 Å². The summed E-state index contributed by atoms with van der Waals surface area (Å²) in [6.45, 7) is 10.1. The van der Waals surface area contributed by atoms with Crippen LogP contribution >= 0.6 is 11.3 Å². The van der Waals surface area contributed by atoms with Gasteiger partial charge in [0, 0.05) is 39.4 Å². The molecule has 5 rings (SSSR count). The van der Waals surface area contributed by atoms with Crippen molar-refractivity contribution in [1.29, 1.82) is 0 Å². The van der Waals surface area contributed by atoms with Crippen molar-refractivity contribution in [2.24, 2.45) is 11.8 Å². The Morgan fingerprint density at radius 1 is 1.27 bits per heavy atom. The lowest BCUT2D eigenvalue weighted by atomic mass is 10.0. The highest BCUT2D eigenvalue weighted by Gasteiger charge is 2.39. The van der Waals surface area contributed by atoms with Crippen molar-refractivity contribution in [1.82, 2.24) is 19.3 Å². The number of hydrogen-bond acceptors (Lipinski definition) is 7. The molecular formula is C22H26N6OS. The minimum Gasteiger partial charge on any atom is -0.383 e. The molecule has 0 bridgehead atoms. The maximum absolute atomic E-state index is 13.2. The summed E-state index contributed by atoms with van der Waals surface area (Å²) in [5.41, 5.74) is 2.15. The summed E-state index contributed by atoms with van der Waals surface area (Å²) in [7, 11) is 3.97. The van der Waals surface area contributed by atoms with Gasteiger partial charge in [-0.2, -0.15) is 4.98 Å². The second kappa shape index (κ2) is 7.21. The number of pyridine rings is 1. The van der Waals surface area contributed by atoms with E-state index in [1.54, 1.807) is 24.6 Å². The Morgan fingerprint density at radius 3 is 2.63 bits per heavy atom. The largest absolute Gasteiger partial charge is 0.383 e. The highest BCUT2D eigenvalue weighted by Crippen LogP contribution is 2.34. The number of aromatic nitrogens is 3. The Bertz CT molecular complexity index is 1230. The van der Waals surface area contributed by atoms with Gasteiger partial charge in [0.15, 0.2) is 5.65 Å². The molecule has 1 N–H and O–H groups in total. The summed E-state index contributed by atoms with van der Waals surface area (Å²) in [5, 5.41) is 3.61. The molecule has 2 saturated heterocycles. The maximum atomic E-state index is 13.2. The molecule has 30 heavy (non-hydrogen) atoms. The van der Waals surface area contributed by atoms with Crippen LogP contribution in [0.3, 0.4) is 0 Å². The Labute approximate surface area is 179 Å². The Balaban J connectivity index is 1.73. The van der Waals surface area contributed by atoms with E-state index in [1.807, 2.05) is 25.2 Å². The average Bonchev–Trinajstić information content (AvgIpc) is 3.39. The molecule has 2 fully saturated rings. The summed E-state index contributed by atoms with van der Waals surface area (Å²) < 4.78 is 2.07. The summed E-state index contributed by atoms with van der Waals surface area (Å²) in [4.78, 5) is 29.2. The van der Waals surface area contributed by atoms with Gasteiger partial charge in [0.25, 0.3) is 0 Å². The van der Waals surface area contributed by atoms with Gasteiger partial charge < -0.3 is 15.1 Å². The van der Waals surface area contributed by atoms with E-state index in [0.29, 0.717) is 34.5 Å². The number of thiazole rings is 1. The van der Waals surface area contributed by atoms with Crippen LogP contribution in [-0.2, 0) is 0 Å². The van der Waals surface area contributed by atoms with Gasteiger partial charge in [-0.25, -0.2) is 4.98 Å². The van der Waals surface area contributed by atoms with Crippen LogP contribution in [0.25, 0.3) is 28.0 Å². The second-order valence-corrected chi connectivity index (χ2v) is 9.23. The molecule has 0 radical (unpaired) electrons. The predicted octanol–water partition coefficient (Wildman–Crippen LogP) is 3.02. The van der Waals surface area contributed by atoms with Gasteiger partial charge in [-0.05, 0) is 38.0 Å². The molecule has 0 saturated carbocycles. The molecule has 2 aliphatic heterocycles. The van der Waals surface area contributed by atoms with Crippen molar-refractivity contribution in [2.45, 2.75) is 6.92 Å². The van der Waals surface area contributed by atoms with Gasteiger partial charge in [0.1, 0.15) is 10.5 Å². The van der Waals surface area contributed by atoms with E-state index in [9.17, 15) is 4.79 Å². The lowest BCUT2D eigenvalue weighted by Gasteiger charge is -2.19. The zero-order valence-corrected chi connectivity index (χ0v) is 18.4. The maximum Gasteiger partial charge on any atom is 0.227 e. The molecule has 0 amide bonds. The third kappa shape index (κ3) is 2.78. The number of anilines is 2. The molecule has 2 unspecified atom stereocenters. The zero-order chi connectivity index (χ0) is 21.0. The standard InChI is InChI=1S/C22H26N6OS/c1-5-7-16-17(6-2)30-21-18(23-3)19(29)15-8-24-22(25-20(15)28(16)21)27-11-13-9-26(4)10-14(13)12-27/h5-8,13-14,23H,2,9-12H2,1,3-4H3/b7-5-. The van der Waals surface area contributed by atoms with Crippen molar-refractivity contribution in [3.63, 3.8) is 0 Å². The highest BCUT2D eigenvalue weighted by molar-refractivity contribution is 7.19. The van der Waals surface area contributed by atoms with Crippen molar-refractivity contribution in [3.8, 4) is 0 Å². The van der Waals surface area contributed by atoms with E-state index in [1.165, 1.54) is 0 Å². The fourth-order valence-corrected chi connectivity index (χ4v) is 6.07. The minimum absolute atomic E-state index is 0.0668. The smallest absolute Gasteiger partial charge is 0.227 e. The molecule has 3 aromatic heterocycles. The normalized spacial score (nSPS) is 21.9. The Kier molecular flexibility index (Phi) is 4.63. The monoisotopic (exact) mass is 422 g/mol. The van der Waals surface area contributed by atoms with Crippen molar-refractivity contribution in [2.75, 3.05) is 50.5 Å². The van der Waals surface area contributed by atoms with Gasteiger partial charge in [0.2, 0.25) is 11.4 Å². The van der Waals surface area contributed by atoms with Gasteiger partial charge in [0.05, 0.1) is 16.0 Å². The van der Waals surface area contributed by atoms with Crippen LogP contribution in [0.1, 0.15) is 17.5 Å².